The van der Waals surface area contributed by atoms with Gasteiger partial charge >= 0.3 is 0 Å². The van der Waals surface area contributed by atoms with Gasteiger partial charge in [-0.2, -0.15) is 0 Å². The number of pyridine rings is 1. The van der Waals surface area contributed by atoms with Crippen molar-refractivity contribution in [3.63, 3.8) is 0 Å². The first-order valence-electron chi connectivity index (χ1n) is 11.3. The van der Waals surface area contributed by atoms with Crippen LogP contribution >= 0.6 is 0 Å². The molecular weight excluding hydrogens is 414 g/mol. The molecule has 1 aromatic heterocycles. The van der Waals surface area contributed by atoms with Crippen LogP contribution in [0.3, 0.4) is 0 Å². The van der Waals surface area contributed by atoms with Gasteiger partial charge in [0.2, 0.25) is 0 Å². The van der Waals surface area contributed by atoms with Crippen molar-refractivity contribution in [2.75, 3.05) is 13.2 Å². The van der Waals surface area contributed by atoms with Crippen molar-refractivity contribution in [3.8, 4) is 0 Å². The molecule has 2 heterocycles. The molecule has 5 nitrogen and oxygen atoms in total. The van der Waals surface area contributed by atoms with E-state index in [0.717, 1.165) is 11.1 Å². The summed E-state index contributed by atoms with van der Waals surface area (Å²) in [6, 6.07) is 21.5. The largest absolute Gasteiger partial charge is 0.377 e. The maximum atomic E-state index is 13.3. The predicted molar refractivity (Wildman–Crippen MR) is 129 cm³/mol. The molecule has 1 atom stereocenters. The van der Waals surface area contributed by atoms with E-state index in [2.05, 4.69) is 0 Å². The number of benzene rings is 2. The third kappa shape index (κ3) is 5.75. The highest BCUT2D eigenvalue weighted by Crippen LogP contribution is 2.25. The molecule has 33 heavy (non-hydrogen) atoms. The zero-order valence-electron chi connectivity index (χ0n) is 18.9. The Hall–Kier alpha value is -3.28. The molecule has 1 aliphatic heterocycles. The standard InChI is InChI=1S/C28H29NO4/c1-21(30)26-17-24(13-8-16-32-18-22-9-4-2-5-10-22)28(31)29-25(14-15-27(26)29)20-33-19-23-11-6-3-7-12-23/h2-7,9-12,14-15,17,25H,8,13,16,18-20H2,1H3/t25-/m0/s1. The van der Waals surface area contributed by atoms with Crippen LogP contribution in [0.5, 0.6) is 0 Å². The zero-order valence-corrected chi connectivity index (χ0v) is 18.9. The fourth-order valence-corrected chi connectivity index (χ4v) is 4.08. The summed E-state index contributed by atoms with van der Waals surface area (Å²) in [5.74, 6) is -0.0455. The summed E-state index contributed by atoms with van der Waals surface area (Å²) < 4.78 is 13.4. The van der Waals surface area contributed by atoms with Crippen molar-refractivity contribution in [3.05, 3.63) is 111 Å². The van der Waals surface area contributed by atoms with Crippen LogP contribution in [0.2, 0.25) is 0 Å². The quantitative estimate of drug-likeness (QED) is 0.310. The fourth-order valence-electron chi connectivity index (χ4n) is 4.08. The number of aromatic nitrogens is 1. The summed E-state index contributed by atoms with van der Waals surface area (Å²) in [7, 11) is 0. The first-order chi connectivity index (χ1) is 16.1. The second-order valence-electron chi connectivity index (χ2n) is 8.27. The number of hydrogen-bond acceptors (Lipinski definition) is 4. The lowest BCUT2D eigenvalue weighted by molar-refractivity contribution is 0.0996. The minimum atomic E-state index is -0.219. The smallest absolute Gasteiger partial charge is 0.254 e. The molecule has 0 saturated carbocycles. The van der Waals surface area contributed by atoms with Crippen LogP contribution in [0.15, 0.2) is 77.6 Å². The minimum absolute atomic E-state index is 0.0455. The lowest BCUT2D eigenvalue weighted by atomic mass is 10.0. The second-order valence-corrected chi connectivity index (χ2v) is 8.27. The van der Waals surface area contributed by atoms with E-state index < -0.39 is 0 Å². The molecule has 0 amide bonds. The maximum absolute atomic E-state index is 13.3. The van der Waals surface area contributed by atoms with Crippen LogP contribution in [0, 0.1) is 0 Å². The Morgan fingerprint density at radius 2 is 1.58 bits per heavy atom. The highest BCUT2D eigenvalue weighted by Gasteiger charge is 2.24. The van der Waals surface area contributed by atoms with E-state index >= 15 is 0 Å². The van der Waals surface area contributed by atoms with Gasteiger partial charge in [-0.25, -0.2) is 0 Å². The molecule has 170 valence electrons. The van der Waals surface area contributed by atoms with Crippen LogP contribution in [0.25, 0.3) is 6.08 Å². The molecule has 2 aromatic carbocycles. The Kier molecular flexibility index (Phi) is 7.66. The summed E-state index contributed by atoms with van der Waals surface area (Å²) in [5, 5.41) is 0. The van der Waals surface area contributed by atoms with Crippen molar-refractivity contribution in [1.82, 2.24) is 4.57 Å². The van der Waals surface area contributed by atoms with E-state index in [9.17, 15) is 9.59 Å². The number of carbonyl (C=O) groups excluding carboxylic acids is 1. The van der Waals surface area contributed by atoms with Gasteiger partial charge in [0, 0.05) is 17.7 Å². The monoisotopic (exact) mass is 443 g/mol. The van der Waals surface area contributed by atoms with E-state index in [-0.39, 0.29) is 17.4 Å². The molecule has 0 spiro atoms. The van der Waals surface area contributed by atoms with Gasteiger partial charge in [-0.1, -0.05) is 66.7 Å². The number of hydrogen-bond donors (Lipinski definition) is 0. The zero-order chi connectivity index (χ0) is 23.0. The molecule has 0 aliphatic carbocycles. The maximum Gasteiger partial charge on any atom is 0.254 e. The SMILES string of the molecule is CC(=O)c1cc(CCCOCc2ccccc2)c(=O)n2c1C=C[C@H]2COCc1ccccc1. The van der Waals surface area contributed by atoms with Gasteiger partial charge in [0.1, 0.15) is 0 Å². The predicted octanol–water partition coefficient (Wildman–Crippen LogP) is 4.99. The lowest BCUT2D eigenvalue weighted by Gasteiger charge is -2.18. The van der Waals surface area contributed by atoms with Gasteiger partial charge in [-0.3, -0.25) is 14.2 Å². The number of nitrogens with zero attached hydrogens (tertiary/aromatic N) is 1. The number of Topliss-reactive ketones (excluding diaryl/α,β-unsaturated/α-hetero) is 1. The first-order valence-corrected chi connectivity index (χ1v) is 11.3. The number of fused-ring (bicyclic) bond motifs is 1. The van der Waals surface area contributed by atoms with Crippen molar-refractivity contribution in [2.24, 2.45) is 0 Å². The van der Waals surface area contributed by atoms with Crippen LogP contribution in [-0.4, -0.2) is 23.6 Å². The number of aryl methyl sites for hydroxylation is 1. The van der Waals surface area contributed by atoms with Gasteiger partial charge in [0.05, 0.1) is 31.6 Å². The molecule has 0 N–H and O–H groups in total. The van der Waals surface area contributed by atoms with Crippen molar-refractivity contribution in [1.29, 1.82) is 0 Å². The van der Waals surface area contributed by atoms with Crippen LogP contribution in [0.1, 0.15) is 52.1 Å². The Balaban J connectivity index is 1.41. The molecule has 1 aliphatic rings. The molecule has 0 unspecified atom stereocenters. The Morgan fingerprint density at radius 3 is 2.21 bits per heavy atom. The summed E-state index contributed by atoms with van der Waals surface area (Å²) in [6.45, 7) is 3.49. The number of ketones is 1. The summed E-state index contributed by atoms with van der Waals surface area (Å²) in [5.41, 5.74) is 4.04. The molecule has 0 fully saturated rings. The lowest BCUT2D eigenvalue weighted by Crippen LogP contribution is -2.30. The van der Waals surface area contributed by atoms with Gasteiger partial charge < -0.3 is 9.47 Å². The number of rotatable bonds is 11. The molecule has 0 saturated heterocycles. The topological polar surface area (TPSA) is 57.5 Å². The van der Waals surface area contributed by atoms with Crippen molar-refractivity contribution < 1.29 is 14.3 Å². The third-order valence-corrected chi connectivity index (χ3v) is 5.78. The Labute approximate surface area is 194 Å². The fraction of sp³-hybridized carbons (Fsp3) is 0.286. The molecule has 4 rings (SSSR count). The molecule has 0 bridgehead atoms. The van der Waals surface area contributed by atoms with E-state index in [1.807, 2.05) is 72.8 Å². The van der Waals surface area contributed by atoms with E-state index in [0.29, 0.717) is 56.1 Å². The molecule has 0 radical (unpaired) electrons. The van der Waals surface area contributed by atoms with Crippen molar-refractivity contribution in [2.45, 2.75) is 39.0 Å². The summed E-state index contributed by atoms with van der Waals surface area (Å²) >= 11 is 0. The highest BCUT2D eigenvalue weighted by atomic mass is 16.5. The van der Waals surface area contributed by atoms with E-state index in [1.54, 1.807) is 17.6 Å². The number of carbonyl (C=O) groups is 1. The average molecular weight is 444 g/mol. The second kappa shape index (κ2) is 11.0. The van der Waals surface area contributed by atoms with Gasteiger partial charge in [0.25, 0.3) is 5.56 Å². The van der Waals surface area contributed by atoms with Crippen molar-refractivity contribution >= 4 is 11.9 Å². The van der Waals surface area contributed by atoms with Crippen LogP contribution in [-0.2, 0) is 29.1 Å². The van der Waals surface area contributed by atoms with E-state index in [1.165, 1.54) is 0 Å². The minimum Gasteiger partial charge on any atom is -0.377 e. The average Bonchev–Trinajstić information content (AvgIpc) is 3.25. The number of ether oxygens (including phenoxy) is 2. The normalized spacial score (nSPS) is 14.4. The van der Waals surface area contributed by atoms with E-state index in [4.69, 9.17) is 9.47 Å². The van der Waals surface area contributed by atoms with Gasteiger partial charge in [-0.05, 0) is 43.0 Å². The van der Waals surface area contributed by atoms with Gasteiger partial charge in [-0.15, -0.1) is 0 Å². The van der Waals surface area contributed by atoms with Gasteiger partial charge in [0.15, 0.2) is 5.78 Å². The third-order valence-electron chi connectivity index (χ3n) is 5.78. The molecular formula is C28H29NO4. The molecule has 3 aromatic rings. The van der Waals surface area contributed by atoms with Crippen LogP contribution < -0.4 is 5.56 Å². The Bertz CT molecular complexity index is 1170. The summed E-state index contributed by atoms with van der Waals surface area (Å²) in [6.07, 6.45) is 5.08. The Morgan fingerprint density at radius 1 is 0.939 bits per heavy atom. The highest BCUT2D eigenvalue weighted by molar-refractivity contribution is 5.97. The first kappa shape index (κ1) is 22.9. The molecule has 5 heteroatoms. The summed E-state index contributed by atoms with van der Waals surface area (Å²) in [4.78, 5) is 25.6. The van der Waals surface area contributed by atoms with Crippen LogP contribution in [0.4, 0.5) is 0 Å².